The third-order valence-corrected chi connectivity index (χ3v) is 6.40. The van der Waals surface area contributed by atoms with Crippen molar-refractivity contribution in [2.24, 2.45) is 5.92 Å². The maximum Gasteiger partial charge on any atom is 0.407 e. The van der Waals surface area contributed by atoms with E-state index in [0.29, 0.717) is 25.9 Å². The van der Waals surface area contributed by atoms with E-state index in [1.807, 2.05) is 31.2 Å². The normalized spacial score (nSPS) is 18.0. The van der Waals surface area contributed by atoms with Crippen LogP contribution in [0.1, 0.15) is 43.2 Å². The Bertz CT molecular complexity index is 975. The molecule has 2 atom stereocenters. The van der Waals surface area contributed by atoms with Gasteiger partial charge >= 0.3 is 12.1 Å². The minimum atomic E-state index is -0.854. The summed E-state index contributed by atoms with van der Waals surface area (Å²) < 4.78 is 5.56. The molecule has 4 rings (SSSR count). The van der Waals surface area contributed by atoms with Gasteiger partial charge in [0.05, 0.1) is 0 Å². The van der Waals surface area contributed by atoms with Crippen LogP contribution in [0.4, 0.5) is 4.79 Å². The van der Waals surface area contributed by atoms with Crippen molar-refractivity contribution in [1.82, 2.24) is 10.2 Å². The minimum absolute atomic E-state index is 0.0385. The number of amides is 2. The van der Waals surface area contributed by atoms with Crippen molar-refractivity contribution < 1.29 is 24.2 Å². The molecular formula is C25H28N2O5. The Hall–Kier alpha value is -3.35. The quantitative estimate of drug-likeness (QED) is 0.691. The number of hydrogen-bond donors (Lipinski definition) is 2. The van der Waals surface area contributed by atoms with Gasteiger partial charge in [0.15, 0.2) is 0 Å². The maximum absolute atomic E-state index is 12.8. The zero-order chi connectivity index (χ0) is 22.7. The van der Waals surface area contributed by atoms with Gasteiger partial charge < -0.3 is 20.1 Å². The highest BCUT2D eigenvalue weighted by Crippen LogP contribution is 2.44. The third kappa shape index (κ3) is 4.47. The zero-order valence-corrected chi connectivity index (χ0v) is 18.1. The van der Waals surface area contributed by atoms with Gasteiger partial charge in [0.2, 0.25) is 5.91 Å². The number of hydrogen-bond acceptors (Lipinski definition) is 4. The Morgan fingerprint density at radius 2 is 1.72 bits per heavy atom. The topological polar surface area (TPSA) is 95.9 Å². The fourth-order valence-corrected chi connectivity index (χ4v) is 4.79. The van der Waals surface area contributed by atoms with E-state index in [4.69, 9.17) is 9.84 Å². The molecule has 0 bridgehead atoms. The van der Waals surface area contributed by atoms with Gasteiger partial charge in [0.1, 0.15) is 12.6 Å². The van der Waals surface area contributed by atoms with Crippen LogP contribution in [0.15, 0.2) is 48.5 Å². The van der Waals surface area contributed by atoms with Gasteiger partial charge in [-0.3, -0.25) is 9.59 Å². The van der Waals surface area contributed by atoms with E-state index in [0.717, 1.165) is 22.3 Å². The van der Waals surface area contributed by atoms with Gasteiger partial charge in [-0.05, 0) is 41.0 Å². The number of benzene rings is 2. The summed E-state index contributed by atoms with van der Waals surface area (Å²) in [6.07, 6.45) is 0.538. The number of carbonyl (C=O) groups is 3. The van der Waals surface area contributed by atoms with E-state index >= 15 is 0 Å². The number of fused-ring (bicyclic) bond motifs is 3. The first-order chi connectivity index (χ1) is 15.5. The molecule has 1 fully saturated rings. The Balaban J connectivity index is 1.35. The SMILES string of the molecule is CC[C@H](NC(=O)OCC1c2ccccc2-c2ccccc21)C(=O)N1CCC(CC(=O)O)C1. The molecule has 2 aromatic carbocycles. The number of nitrogens with zero attached hydrogens (tertiary/aromatic N) is 1. The lowest BCUT2D eigenvalue weighted by Crippen LogP contribution is -2.48. The molecule has 2 aliphatic rings. The first-order valence-corrected chi connectivity index (χ1v) is 11.1. The number of rotatable bonds is 7. The predicted octanol–water partition coefficient (Wildman–Crippen LogP) is 3.63. The van der Waals surface area contributed by atoms with Gasteiger partial charge in [-0.15, -0.1) is 0 Å². The largest absolute Gasteiger partial charge is 0.481 e. The van der Waals surface area contributed by atoms with Crippen molar-refractivity contribution in [2.45, 2.75) is 38.1 Å². The summed E-state index contributed by atoms with van der Waals surface area (Å²) >= 11 is 0. The average molecular weight is 437 g/mol. The molecule has 1 heterocycles. The maximum atomic E-state index is 12.8. The second-order valence-electron chi connectivity index (χ2n) is 8.47. The summed E-state index contributed by atoms with van der Waals surface area (Å²) in [6.45, 7) is 2.94. The Kier molecular flexibility index (Phi) is 6.44. The lowest BCUT2D eigenvalue weighted by Gasteiger charge is -2.23. The van der Waals surface area contributed by atoms with Gasteiger partial charge in [-0.25, -0.2) is 4.79 Å². The molecule has 32 heavy (non-hydrogen) atoms. The minimum Gasteiger partial charge on any atom is -0.481 e. The third-order valence-electron chi connectivity index (χ3n) is 6.40. The molecule has 1 unspecified atom stereocenters. The summed E-state index contributed by atoms with van der Waals surface area (Å²) in [5.74, 6) is -1.12. The van der Waals surface area contributed by atoms with E-state index < -0.39 is 18.1 Å². The highest BCUT2D eigenvalue weighted by Gasteiger charge is 2.33. The Morgan fingerprint density at radius 1 is 1.09 bits per heavy atom. The number of carbonyl (C=O) groups excluding carboxylic acids is 2. The van der Waals surface area contributed by atoms with E-state index in [-0.39, 0.29) is 30.8 Å². The molecule has 7 heteroatoms. The molecule has 0 aromatic heterocycles. The summed E-state index contributed by atoms with van der Waals surface area (Å²) in [6, 6.07) is 15.6. The molecule has 1 aliphatic carbocycles. The van der Waals surface area contributed by atoms with Crippen LogP contribution < -0.4 is 5.32 Å². The molecule has 1 saturated heterocycles. The molecule has 7 nitrogen and oxygen atoms in total. The zero-order valence-electron chi connectivity index (χ0n) is 18.1. The van der Waals surface area contributed by atoms with Crippen LogP contribution in [0.5, 0.6) is 0 Å². The molecule has 2 N–H and O–H groups in total. The van der Waals surface area contributed by atoms with Crippen LogP contribution in [-0.2, 0) is 14.3 Å². The summed E-state index contributed by atoms with van der Waals surface area (Å²) in [7, 11) is 0. The molecule has 168 valence electrons. The van der Waals surface area contributed by atoms with Crippen LogP contribution in [0, 0.1) is 5.92 Å². The van der Waals surface area contributed by atoms with Crippen molar-refractivity contribution in [3.63, 3.8) is 0 Å². The molecular weight excluding hydrogens is 408 g/mol. The van der Waals surface area contributed by atoms with E-state index in [1.165, 1.54) is 0 Å². The van der Waals surface area contributed by atoms with Crippen LogP contribution in [-0.4, -0.2) is 53.7 Å². The number of nitrogens with one attached hydrogen (secondary N) is 1. The van der Waals surface area contributed by atoms with Crippen molar-refractivity contribution in [1.29, 1.82) is 0 Å². The Morgan fingerprint density at radius 3 is 2.31 bits per heavy atom. The molecule has 0 saturated carbocycles. The number of alkyl carbamates (subject to hydrolysis) is 1. The lowest BCUT2D eigenvalue weighted by atomic mass is 9.98. The molecule has 1 aliphatic heterocycles. The number of carboxylic acid groups (broad SMARTS) is 1. The molecule has 0 spiro atoms. The standard InChI is InChI=1S/C25H28N2O5/c1-2-22(24(30)27-12-11-16(14-27)13-23(28)29)26-25(31)32-15-21-19-9-5-3-7-17(19)18-8-4-6-10-20(18)21/h3-10,16,21-22H,2,11-15H2,1H3,(H,26,31)(H,28,29)/t16?,22-/m0/s1. The van der Waals surface area contributed by atoms with Crippen molar-refractivity contribution in [3.05, 3.63) is 59.7 Å². The first kappa shape index (κ1) is 21.9. The highest BCUT2D eigenvalue weighted by atomic mass is 16.5. The number of carboxylic acids is 1. The summed E-state index contributed by atoms with van der Waals surface area (Å²) in [5.41, 5.74) is 4.57. The monoisotopic (exact) mass is 436 g/mol. The van der Waals surface area contributed by atoms with Crippen LogP contribution in [0.2, 0.25) is 0 Å². The second-order valence-corrected chi connectivity index (χ2v) is 8.47. The summed E-state index contributed by atoms with van der Waals surface area (Å²) in [5, 5.41) is 11.7. The number of ether oxygens (including phenoxy) is 1. The van der Waals surface area contributed by atoms with Crippen molar-refractivity contribution in [3.8, 4) is 11.1 Å². The van der Waals surface area contributed by atoms with Gasteiger partial charge in [-0.1, -0.05) is 55.5 Å². The van der Waals surface area contributed by atoms with Crippen LogP contribution >= 0.6 is 0 Å². The lowest BCUT2D eigenvalue weighted by molar-refractivity contribution is -0.138. The number of likely N-dealkylation sites (tertiary alicyclic amines) is 1. The summed E-state index contributed by atoms with van der Waals surface area (Å²) in [4.78, 5) is 37.9. The second kappa shape index (κ2) is 9.42. The van der Waals surface area contributed by atoms with Gasteiger partial charge in [0.25, 0.3) is 0 Å². The predicted molar refractivity (Wildman–Crippen MR) is 119 cm³/mol. The van der Waals surface area contributed by atoms with E-state index in [9.17, 15) is 14.4 Å². The highest BCUT2D eigenvalue weighted by molar-refractivity contribution is 5.86. The number of aliphatic carboxylic acids is 1. The molecule has 2 aromatic rings. The van der Waals surface area contributed by atoms with Crippen LogP contribution in [0.25, 0.3) is 11.1 Å². The van der Waals surface area contributed by atoms with Gasteiger partial charge in [-0.2, -0.15) is 0 Å². The van der Waals surface area contributed by atoms with Crippen LogP contribution in [0.3, 0.4) is 0 Å². The molecule has 0 radical (unpaired) electrons. The van der Waals surface area contributed by atoms with E-state index in [1.54, 1.807) is 4.90 Å². The van der Waals surface area contributed by atoms with E-state index in [2.05, 4.69) is 29.6 Å². The van der Waals surface area contributed by atoms with Crippen molar-refractivity contribution in [2.75, 3.05) is 19.7 Å². The average Bonchev–Trinajstić information content (AvgIpc) is 3.38. The fraction of sp³-hybridized carbons (Fsp3) is 0.400. The Labute approximate surface area is 187 Å². The van der Waals surface area contributed by atoms with Crippen molar-refractivity contribution >= 4 is 18.0 Å². The van der Waals surface area contributed by atoms with Gasteiger partial charge in [0, 0.05) is 25.4 Å². The first-order valence-electron chi connectivity index (χ1n) is 11.1. The molecule has 2 amide bonds. The fourth-order valence-electron chi connectivity index (χ4n) is 4.79. The smallest absolute Gasteiger partial charge is 0.407 e.